The van der Waals surface area contributed by atoms with Gasteiger partial charge < -0.3 is 15.0 Å². The van der Waals surface area contributed by atoms with Crippen LogP contribution in [0, 0.1) is 9.39 Å². The van der Waals surface area contributed by atoms with Crippen LogP contribution >= 0.6 is 22.6 Å². The Morgan fingerprint density at radius 3 is 2.73 bits per heavy atom. The summed E-state index contributed by atoms with van der Waals surface area (Å²) in [5, 5.41) is 2.63. The fourth-order valence-electron chi connectivity index (χ4n) is 2.17. The molecule has 2 rings (SSSR count). The van der Waals surface area contributed by atoms with Gasteiger partial charge in [-0.2, -0.15) is 0 Å². The molecule has 0 aliphatic carbocycles. The van der Waals surface area contributed by atoms with Gasteiger partial charge in [-0.3, -0.25) is 4.79 Å². The third-order valence-electron chi connectivity index (χ3n) is 3.08. The smallest absolute Gasteiger partial charge is 0.408 e. The average Bonchev–Trinajstić information content (AvgIpc) is 2.69. The van der Waals surface area contributed by atoms with Crippen molar-refractivity contribution in [3.8, 4) is 0 Å². The number of rotatable bonds is 2. The van der Waals surface area contributed by atoms with Crippen molar-refractivity contribution in [2.75, 3.05) is 11.4 Å². The van der Waals surface area contributed by atoms with Gasteiger partial charge in [0.25, 0.3) is 5.91 Å². The molecule has 1 fully saturated rings. The number of hydrogen-bond acceptors (Lipinski definition) is 3. The zero-order valence-corrected chi connectivity index (χ0v) is 14.8. The summed E-state index contributed by atoms with van der Waals surface area (Å²) in [6.45, 7) is 5.78. The van der Waals surface area contributed by atoms with E-state index in [0.717, 1.165) is 3.57 Å². The molecule has 0 saturated carbocycles. The summed E-state index contributed by atoms with van der Waals surface area (Å²) in [4.78, 5) is 25.4. The van der Waals surface area contributed by atoms with Gasteiger partial charge in [0.2, 0.25) is 0 Å². The molecule has 1 saturated heterocycles. The summed E-state index contributed by atoms with van der Waals surface area (Å²) in [6.07, 6.45) is -1.17. The number of nitrogens with one attached hydrogen (secondary N) is 1. The van der Waals surface area contributed by atoms with Crippen molar-refractivity contribution in [2.45, 2.75) is 38.8 Å². The minimum Gasteiger partial charge on any atom is -0.436 e. The number of alkyl carbamates (subject to hydrolysis) is 1. The SMILES string of the molecule is CC(C)(C)NC(=O)O[C@H]1CCN(c2ccc(I)cc2F)C1=O. The second kappa shape index (κ2) is 6.39. The number of halogens is 2. The molecule has 7 heteroatoms. The molecule has 0 spiro atoms. The first-order chi connectivity index (χ1) is 10.2. The Kier molecular flexibility index (Phi) is 4.93. The molecule has 1 N–H and O–H groups in total. The van der Waals surface area contributed by atoms with Gasteiger partial charge in [0.05, 0.1) is 5.69 Å². The van der Waals surface area contributed by atoms with E-state index in [9.17, 15) is 14.0 Å². The number of benzene rings is 1. The van der Waals surface area contributed by atoms with E-state index >= 15 is 0 Å². The Balaban J connectivity index is 2.05. The largest absolute Gasteiger partial charge is 0.436 e. The Morgan fingerprint density at radius 1 is 1.45 bits per heavy atom. The maximum absolute atomic E-state index is 14.0. The number of carbonyl (C=O) groups excluding carboxylic acids is 2. The first-order valence-electron chi connectivity index (χ1n) is 6.92. The zero-order chi connectivity index (χ0) is 16.5. The predicted molar refractivity (Wildman–Crippen MR) is 89.2 cm³/mol. The third kappa shape index (κ3) is 4.08. The average molecular weight is 420 g/mol. The van der Waals surface area contributed by atoms with Gasteiger partial charge in [-0.1, -0.05) is 0 Å². The number of ether oxygens (including phenoxy) is 1. The van der Waals surface area contributed by atoms with Crippen LogP contribution in [-0.4, -0.2) is 30.2 Å². The molecule has 0 bridgehead atoms. The Labute approximate surface area is 142 Å². The van der Waals surface area contributed by atoms with Crippen molar-refractivity contribution in [3.63, 3.8) is 0 Å². The normalized spacial score (nSPS) is 18.5. The summed E-state index contributed by atoms with van der Waals surface area (Å²) >= 11 is 2.00. The molecule has 0 aromatic heterocycles. The maximum Gasteiger partial charge on any atom is 0.408 e. The van der Waals surface area contributed by atoms with Gasteiger partial charge in [0, 0.05) is 22.1 Å². The molecule has 1 aliphatic heterocycles. The Hall–Kier alpha value is -1.38. The van der Waals surface area contributed by atoms with E-state index in [-0.39, 0.29) is 5.69 Å². The molecule has 2 amide bonds. The van der Waals surface area contributed by atoms with Gasteiger partial charge in [-0.05, 0) is 61.6 Å². The maximum atomic E-state index is 14.0. The molecule has 1 atom stereocenters. The van der Waals surface area contributed by atoms with Crippen LogP contribution in [0.5, 0.6) is 0 Å². The molecule has 0 unspecified atom stereocenters. The summed E-state index contributed by atoms with van der Waals surface area (Å²) in [5.41, 5.74) is -0.228. The molecule has 1 aliphatic rings. The molecule has 5 nitrogen and oxygen atoms in total. The molecule has 1 aromatic carbocycles. The third-order valence-corrected chi connectivity index (χ3v) is 3.75. The van der Waals surface area contributed by atoms with Crippen molar-refractivity contribution in [3.05, 3.63) is 27.6 Å². The first kappa shape index (κ1) is 17.0. The quantitative estimate of drug-likeness (QED) is 0.749. The van der Waals surface area contributed by atoms with E-state index in [1.165, 1.54) is 11.0 Å². The number of anilines is 1. The van der Waals surface area contributed by atoms with Crippen LogP contribution in [0.4, 0.5) is 14.9 Å². The molecular weight excluding hydrogens is 402 g/mol. The minimum atomic E-state index is -0.874. The van der Waals surface area contributed by atoms with E-state index in [0.29, 0.717) is 13.0 Å². The van der Waals surface area contributed by atoms with E-state index in [1.54, 1.807) is 12.1 Å². The number of nitrogens with zero attached hydrogens (tertiary/aromatic N) is 1. The highest BCUT2D eigenvalue weighted by atomic mass is 127. The topological polar surface area (TPSA) is 58.6 Å². The van der Waals surface area contributed by atoms with Gasteiger partial charge in [0.1, 0.15) is 5.82 Å². The molecular formula is C15H18FIN2O3. The highest BCUT2D eigenvalue weighted by molar-refractivity contribution is 14.1. The molecule has 120 valence electrons. The van der Waals surface area contributed by atoms with Gasteiger partial charge >= 0.3 is 6.09 Å². The predicted octanol–water partition coefficient (Wildman–Crippen LogP) is 3.06. The van der Waals surface area contributed by atoms with Crippen LogP contribution < -0.4 is 10.2 Å². The first-order valence-corrected chi connectivity index (χ1v) is 8.00. The Bertz CT molecular complexity index is 601. The second-order valence-electron chi connectivity index (χ2n) is 6.14. The Morgan fingerprint density at radius 2 is 2.14 bits per heavy atom. The molecule has 0 radical (unpaired) electrons. The van der Waals surface area contributed by atoms with Gasteiger partial charge in [-0.15, -0.1) is 0 Å². The lowest BCUT2D eigenvalue weighted by Crippen LogP contribution is -2.43. The van der Waals surface area contributed by atoms with E-state index < -0.39 is 29.5 Å². The second-order valence-corrected chi connectivity index (χ2v) is 7.39. The van der Waals surface area contributed by atoms with E-state index in [1.807, 2.05) is 43.4 Å². The van der Waals surface area contributed by atoms with Gasteiger partial charge in [-0.25, -0.2) is 9.18 Å². The van der Waals surface area contributed by atoms with Crippen LogP contribution in [-0.2, 0) is 9.53 Å². The zero-order valence-electron chi connectivity index (χ0n) is 12.7. The van der Waals surface area contributed by atoms with Crippen molar-refractivity contribution < 1.29 is 18.7 Å². The molecule has 1 heterocycles. The van der Waals surface area contributed by atoms with Crippen LogP contribution in [0.2, 0.25) is 0 Å². The monoisotopic (exact) mass is 420 g/mol. The van der Waals surface area contributed by atoms with Crippen LogP contribution in [0.25, 0.3) is 0 Å². The van der Waals surface area contributed by atoms with Crippen molar-refractivity contribution in [1.29, 1.82) is 0 Å². The fraction of sp³-hybridized carbons (Fsp3) is 0.467. The van der Waals surface area contributed by atoms with Crippen LogP contribution in [0.3, 0.4) is 0 Å². The molecule has 1 aromatic rings. The van der Waals surface area contributed by atoms with E-state index in [4.69, 9.17) is 4.74 Å². The van der Waals surface area contributed by atoms with E-state index in [2.05, 4.69) is 5.32 Å². The van der Waals surface area contributed by atoms with Crippen molar-refractivity contribution in [2.24, 2.45) is 0 Å². The van der Waals surface area contributed by atoms with Gasteiger partial charge in [0.15, 0.2) is 6.10 Å². The molecule has 22 heavy (non-hydrogen) atoms. The summed E-state index contributed by atoms with van der Waals surface area (Å²) in [6, 6.07) is 4.66. The minimum absolute atomic E-state index is 0.216. The summed E-state index contributed by atoms with van der Waals surface area (Å²) < 4.78 is 19.9. The number of amides is 2. The van der Waals surface area contributed by atoms with Crippen molar-refractivity contribution in [1.82, 2.24) is 5.32 Å². The standard InChI is InChI=1S/C15H18FIN2O3/c1-15(2,3)18-14(21)22-12-6-7-19(13(12)20)11-5-4-9(17)8-10(11)16/h4-5,8,12H,6-7H2,1-3H3,(H,18,21)/t12-/m0/s1. The van der Waals surface area contributed by atoms with Crippen LogP contribution in [0.15, 0.2) is 18.2 Å². The summed E-state index contributed by atoms with van der Waals surface area (Å²) in [7, 11) is 0. The lowest BCUT2D eigenvalue weighted by atomic mass is 10.1. The summed E-state index contributed by atoms with van der Waals surface area (Å²) in [5.74, 6) is -0.857. The number of carbonyl (C=O) groups is 2. The lowest BCUT2D eigenvalue weighted by Gasteiger charge is -2.22. The lowest BCUT2D eigenvalue weighted by molar-refractivity contribution is -0.124. The highest BCUT2D eigenvalue weighted by Crippen LogP contribution is 2.27. The highest BCUT2D eigenvalue weighted by Gasteiger charge is 2.37. The van der Waals surface area contributed by atoms with Crippen LogP contribution in [0.1, 0.15) is 27.2 Å². The fourth-order valence-corrected chi connectivity index (χ4v) is 2.62. The van der Waals surface area contributed by atoms with Crippen molar-refractivity contribution >= 4 is 40.3 Å². The number of hydrogen-bond donors (Lipinski definition) is 1.